The van der Waals surface area contributed by atoms with E-state index in [1.807, 2.05) is 29.6 Å². The molecule has 2 aromatic heterocycles. The number of hydrogen-bond acceptors (Lipinski definition) is 8. The van der Waals surface area contributed by atoms with Gasteiger partial charge in [-0.2, -0.15) is 0 Å². The maximum absolute atomic E-state index is 12.5. The number of nitrogens with one attached hydrogen (secondary N) is 1. The molecule has 0 saturated carbocycles. The predicted molar refractivity (Wildman–Crippen MR) is 112 cm³/mol. The Hall–Kier alpha value is -3.72. The first-order valence-electron chi connectivity index (χ1n) is 8.99. The van der Waals surface area contributed by atoms with Crippen molar-refractivity contribution in [1.29, 1.82) is 0 Å². The van der Waals surface area contributed by atoms with Crippen molar-refractivity contribution in [3.05, 3.63) is 59.8 Å². The summed E-state index contributed by atoms with van der Waals surface area (Å²) in [7, 11) is 1.59. The molecule has 8 nitrogen and oxygen atoms in total. The smallest absolute Gasteiger partial charge is 0.341 e. The molecule has 0 aliphatic carbocycles. The van der Waals surface area contributed by atoms with Gasteiger partial charge in [0.2, 0.25) is 0 Å². The van der Waals surface area contributed by atoms with Crippen molar-refractivity contribution in [3.8, 4) is 17.0 Å². The second-order valence-corrected chi connectivity index (χ2v) is 7.17. The summed E-state index contributed by atoms with van der Waals surface area (Å²) in [5.41, 5.74) is 2.66. The normalized spacial score (nSPS) is 11.8. The highest BCUT2D eigenvalue weighted by Crippen LogP contribution is 2.27. The Morgan fingerprint density at radius 3 is 2.87 bits per heavy atom. The third-order valence-electron chi connectivity index (χ3n) is 4.33. The Morgan fingerprint density at radius 2 is 2.03 bits per heavy atom. The number of carbonyl (C=O) groups excluding carboxylic acids is 2. The molecule has 1 unspecified atom stereocenters. The van der Waals surface area contributed by atoms with Crippen molar-refractivity contribution in [3.63, 3.8) is 0 Å². The van der Waals surface area contributed by atoms with Gasteiger partial charge in [-0.15, -0.1) is 11.3 Å². The van der Waals surface area contributed by atoms with Crippen LogP contribution in [0.25, 0.3) is 22.4 Å². The lowest BCUT2D eigenvalue weighted by Gasteiger charge is -2.12. The highest BCUT2D eigenvalue weighted by Gasteiger charge is 2.22. The second kappa shape index (κ2) is 8.34. The third-order valence-corrected chi connectivity index (χ3v) is 5.09. The first-order valence-corrected chi connectivity index (χ1v) is 9.87. The maximum atomic E-state index is 12.5. The molecule has 2 aromatic carbocycles. The minimum Gasteiger partial charge on any atom is -0.497 e. The van der Waals surface area contributed by atoms with Crippen LogP contribution in [0, 0.1) is 0 Å². The van der Waals surface area contributed by atoms with Crippen molar-refractivity contribution in [2.75, 3.05) is 12.4 Å². The molecule has 4 aromatic rings. The van der Waals surface area contributed by atoms with Gasteiger partial charge >= 0.3 is 5.97 Å². The van der Waals surface area contributed by atoms with Gasteiger partial charge in [-0.25, -0.2) is 14.8 Å². The molecule has 0 saturated heterocycles. The lowest BCUT2D eigenvalue weighted by molar-refractivity contribution is -0.123. The number of benzene rings is 2. The van der Waals surface area contributed by atoms with Crippen LogP contribution in [0.4, 0.5) is 5.13 Å². The quantitative estimate of drug-likeness (QED) is 0.465. The van der Waals surface area contributed by atoms with E-state index in [2.05, 4.69) is 15.3 Å². The van der Waals surface area contributed by atoms with E-state index < -0.39 is 18.0 Å². The molecule has 0 aliphatic heterocycles. The van der Waals surface area contributed by atoms with Gasteiger partial charge in [-0.3, -0.25) is 10.1 Å². The number of carbonyl (C=O) groups is 2. The van der Waals surface area contributed by atoms with Gasteiger partial charge in [0.1, 0.15) is 11.3 Å². The monoisotopic (exact) mass is 423 g/mol. The van der Waals surface area contributed by atoms with Crippen LogP contribution in [0.2, 0.25) is 0 Å². The van der Waals surface area contributed by atoms with Gasteiger partial charge in [0.25, 0.3) is 5.91 Å². The number of oxazole rings is 1. The van der Waals surface area contributed by atoms with Crippen LogP contribution >= 0.6 is 11.3 Å². The number of hydrogen-bond donors (Lipinski definition) is 1. The van der Waals surface area contributed by atoms with E-state index in [4.69, 9.17) is 13.9 Å². The fraction of sp³-hybridized carbons (Fsp3) is 0.143. The average molecular weight is 423 g/mol. The fourth-order valence-corrected chi connectivity index (χ4v) is 3.50. The number of aromatic nitrogens is 2. The van der Waals surface area contributed by atoms with Crippen molar-refractivity contribution in [1.82, 2.24) is 9.97 Å². The van der Waals surface area contributed by atoms with E-state index in [9.17, 15) is 9.59 Å². The molecule has 0 radical (unpaired) electrons. The highest BCUT2D eigenvalue weighted by molar-refractivity contribution is 7.14. The summed E-state index contributed by atoms with van der Waals surface area (Å²) < 4.78 is 15.7. The summed E-state index contributed by atoms with van der Waals surface area (Å²) >= 11 is 1.28. The number of anilines is 1. The Kier molecular flexibility index (Phi) is 5.44. The fourth-order valence-electron chi connectivity index (χ4n) is 2.78. The van der Waals surface area contributed by atoms with Gasteiger partial charge in [0.15, 0.2) is 23.2 Å². The van der Waals surface area contributed by atoms with Crippen LogP contribution < -0.4 is 10.1 Å². The molecule has 1 N–H and O–H groups in total. The summed E-state index contributed by atoms with van der Waals surface area (Å²) in [6.45, 7) is 1.49. The molecule has 0 fully saturated rings. The standard InChI is InChI=1S/C21H17N3O5S/c1-12(29-20(26)15-7-4-8-17-18(15)22-11-28-17)19(25)24-21-23-16(10-30-21)13-5-3-6-14(9-13)27-2/h3-12H,1-2H3,(H,23,24,25). The Balaban J connectivity index is 1.42. The van der Waals surface area contributed by atoms with Crippen LogP contribution in [-0.2, 0) is 9.53 Å². The van der Waals surface area contributed by atoms with Crippen molar-refractivity contribution < 1.29 is 23.5 Å². The Morgan fingerprint density at radius 1 is 1.20 bits per heavy atom. The number of para-hydroxylation sites is 1. The van der Waals surface area contributed by atoms with Crippen LogP contribution in [-0.4, -0.2) is 35.1 Å². The molecule has 1 atom stereocenters. The number of esters is 1. The predicted octanol–water partition coefficient (Wildman–Crippen LogP) is 4.14. The topological polar surface area (TPSA) is 104 Å². The number of nitrogens with zero attached hydrogens (tertiary/aromatic N) is 2. The molecule has 152 valence electrons. The lowest BCUT2D eigenvalue weighted by atomic mass is 10.2. The summed E-state index contributed by atoms with van der Waals surface area (Å²) in [6.07, 6.45) is 0.226. The number of fused-ring (bicyclic) bond motifs is 1. The van der Waals surface area contributed by atoms with E-state index in [1.54, 1.807) is 25.3 Å². The lowest BCUT2D eigenvalue weighted by Crippen LogP contribution is -2.30. The minimum absolute atomic E-state index is 0.232. The van der Waals surface area contributed by atoms with Gasteiger partial charge < -0.3 is 13.9 Å². The van der Waals surface area contributed by atoms with Crippen molar-refractivity contribution in [2.45, 2.75) is 13.0 Å². The van der Waals surface area contributed by atoms with Gasteiger partial charge in [-0.05, 0) is 31.2 Å². The zero-order valence-electron chi connectivity index (χ0n) is 16.1. The maximum Gasteiger partial charge on any atom is 0.341 e. The average Bonchev–Trinajstić information content (AvgIpc) is 3.43. The number of thiazole rings is 1. The summed E-state index contributed by atoms with van der Waals surface area (Å²) in [6, 6.07) is 12.4. The van der Waals surface area contributed by atoms with E-state index in [-0.39, 0.29) is 5.56 Å². The van der Waals surface area contributed by atoms with Gasteiger partial charge in [0.05, 0.1) is 18.4 Å². The van der Waals surface area contributed by atoms with Crippen LogP contribution in [0.5, 0.6) is 5.75 Å². The van der Waals surface area contributed by atoms with E-state index in [0.717, 1.165) is 5.56 Å². The molecule has 4 rings (SSSR count). The van der Waals surface area contributed by atoms with Crippen molar-refractivity contribution >= 4 is 39.4 Å². The molecule has 2 heterocycles. The number of methoxy groups -OCH3 is 1. The van der Waals surface area contributed by atoms with E-state index in [1.165, 1.54) is 24.7 Å². The number of amides is 1. The first-order chi connectivity index (χ1) is 14.5. The second-order valence-electron chi connectivity index (χ2n) is 6.31. The van der Waals surface area contributed by atoms with Crippen LogP contribution in [0.1, 0.15) is 17.3 Å². The number of rotatable bonds is 6. The molecule has 30 heavy (non-hydrogen) atoms. The molecule has 0 spiro atoms. The largest absolute Gasteiger partial charge is 0.497 e. The number of ether oxygens (including phenoxy) is 2. The SMILES string of the molecule is COc1cccc(-c2csc(NC(=O)C(C)OC(=O)c3cccc4ocnc34)n2)c1. The van der Waals surface area contributed by atoms with Crippen molar-refractivity contribution in [2.24, 2.45) is 0 Å². The highest BCUT2D eigenvalue weighted by atomic mass is 32.1. The molecule has 1 amide bonds. The first kappa shape index (κ1) is 19.6. The van der Waals surface area contributed by atoms with Gasteiger partial charge in [0, 0.05) is 10.9 Å². The zero-order valence-corrected chi connectivity index (χ0v) is 16.9. The molecular formula is C21H17N3O5S. The minimum atomic E-state index is -1.02. The van der Waals surface area contributed by atoms with E-state index in [0.29, 0.717) is 27.7 Å². The zero-order chi connectivity index (χ0) is 21.1. The molecule has 9 heteroatoms. The third kappa shape index (κ3) is 4.01. The molecular weight excluding hydrogens is 406 g/mol. The molecule has 0 aliphatic rings. The van der Waals surface area contributed by atoms with Gasteiger partial charge in [-0.1, -0.05) is 18.2 Å². The van der Waals surface area contributed by atoms with Crippen LogP contribution in [0.15, 0.2) is 58.7 Å². The summed E-state index contributed by atoms with van der Waals surface area (Å²) in [4.78, 5) is 33.4. The summed E-state index contributed by atoms with van der Waals surface area (Å²) in [5.74, 6) is -0.427. The van der Waals surface area contributed by atoms with Crippen LogP contribution in [0.3, 0.4) is 0 Å². The Labute approximate surface area is 175 Å². The summed E-state index contributed by atoms with van der Waals surface area (Å²) in [5, 5.41) is 4.90. The molecule has 0 bridgehead atoms. The van der Waals surface area contributed by atoms with E-state index >= 15 is 0 Å². The Bertz CT molecular complexity index is 1220.